The highest BCUT2D eigenvalue weighted by atomic mass is 15.0. The lowest BCUT2D eigenvalue weighted by molar-refractivity contribution is 1.13. The normalized spacial score (nSPS) is 10.2. The first-order valence-corrected chi connectivity index (χ1v) is 8.92. The fourth-order valence-corrected chi connectivity index (χ4v) is 3.21. The first-order valence-electron chi connectivity index (χ1n) is 8.92. The monoisotopic (exact) mass is 436 g/mol. The van der Waals surface area contributed by atoms with Crippen molar-refractivity contribution in [2.75, 3.05) is 0 Å². The summed E-state index contributed by atoms with van der Waals surface area (Å²) in [6.07, 6.45) is 0. The first kappa shape index (κ1) is 19.5. The number of nitrogens with zero attached hydrogens (tertiary/aromatic N) is 14. The Labute approximate surface area is 186 Å². The number of hydrogen-bond donors (Lipinski definition) is 0. The molecular formula is C20N14. The Morgan fingerprint density at radius 2 is 0.500 bits per heavy atom. The van der Waals surface area contributed by atoms with Crippen LogP contribution in [0.3, 0.4) is 0 Å². The Kier molecular flexibility index (Phi) is 4.04. The van der Waals surface area contributed by atoms with Crippen molar-refractivity contribution in [3.8, 4) is 36.4 Å². The maximum absolute atomic E-state index is 9.41. The van der Waals surface area contributed by atoms with Crippen LogP contribution in [0.25, 0.3) is 44.4 Å². The van der Waals surface area contributed by atoms with E-state index in [0.29, 0.717) is 0 Å². The van der Waals surface area contributed by atoms with Gasteiger partial charge in [0.2, 0.25) is 0 Å². The van der Waals surface area contributed by atoms with Gasteiger partial charge in [0, 0.05) is 0 Å². The van der Waals surface area contributed by atoms with E-state index < -0.39 is 0 Å². The summed E-state index contributed by atoms with van der Waals surface area (Å²) in [6.45, 7) is 0. The van der Waals surface area contributed by atoms with Gasteiger partial charge in [-0.2, -0.15) is 31.6 Å². The van der Waals surface area contributed by atoms with E-state index in [0.717, 1.165) is 0 Å². The van der Waals surface area contributed by atoms with Crippen LogP contribution in [-0.2, 0) is 0 Å². The zero-order valence-electron chi connectivity index (χ0n) is 16.3. The van der Waals surface area contributed by atoms with E-state index in [2.05, 4.69) is 39.9 Å². The quantitative estimate of drug-likeness (QED) is 0.239. The van der Waals surface area contributed by atoms with Gasteiger partial charge in [0.1, 0.15) is 69.5 Å². The molecule has 14 nitrogen and oxygen atoms in total. The molecule has 0 unspecified atom stereocenters. The molecule has 0 aliphatic heterocycles. The maximum Gasteiger partial charge on any atom is 0.199 e. The van der Waals surface area contributed by atoms with E-state index in [1.165, 1.54) is 0 Å². The fourth-order valence-electron chi connectivity index (χ4n) is 3.21. The summed E-state index contributed by atoms with van der Waals surface area (Å²) < 4.78 is 0. The van der Waals surface area contributed by atoms with Crippen molar-refractivity contribution in [3.05, 3.63) is 34.2 Å². The van der Waals surface area contributed by atoms with Crippen molar-refractivity contribution in [3.63, 3.8) is 0 Å². The molecule has 5 aromatic rings. The highest BCUT2D eigenvalue weighted by Gasteiger charge is 2.22. The minimum atomic E-state index is -0.292. The van der Waals surface area contributed by atoms with Crippen molar-refractivity contribution < 1.29 is 0 Å². The van der Waals surface area contributed by atoms with E-state index in [9.17, 15) is 31.6 Å². The van der Waals surface area contributed by atoms with Crippen molar-refractivity contribution in [2.45, 2.75) is 0 Å². The maximum atomic E-state index is 9.41. The average molecular weight is 436 g/mol. The van der Waals surface area contributed by atoms with Crippen LogP contribution in [0.15, 0.2) is 0 Å². The van der Waals surface area contributed by atoms with Gasteiger partial charge in [0.15, 0.2) is 45.5 Å². The molecule has 150 valence electrons. The lowest BCUT2D eigenvalue weighted by Gasteiger charge is -2.09. The molecule has 0 aliphatic rings. The summed E-state index contributed by atoms with van der Waals surface area (Å²) in [7, 11) is 0. The minimum absolute atomic E-state index is 0.0000137. The summed E-state index contributed by atoms with van der Waals surface area (Å²) in [5.74, 6) is 0. The van der Waals surface area contributed by atoms with Gasteiger partial charge in [-0.05, 0) is 0 Å². The second-order valence-corrected chi connectivity index (χ2v) is 6.40. The third-order valence-corrected chi connectivity index (χ3v) is 4.62. The summed E-state index contributed by atoms with van der Waals surface area (Å²) in [5.41, 5.74) is -1.88. The van der Waals surface area contributed by atoms with Crippen LogP contribution in [0.2, 0.25) is 0 Å². The van der Waals surface area contributed by atoms with Gasteiger partial charge in [-0.15, -0.1) is 0 Å². The van der Waals surface area contributed by atoms with E-state index >= 15 is 0 Å². The van der Waals surface area contributed by atoms with Crippen LogP contribution in [0.4, 0.5) is 0 Å². The van der Waals surface area contributed by atoms with E-state index in [1.807, 2.05) is 0 Å². The smallest absolute Gasteiger partial charge is 0.199 e. The van der Waals surface area contributed by atoms with Crippen LogP contribution in [0.1, 0.15) is 34.2 Å². The Balaban J connectivity index is 2.12. The zero-order chi connectivity index (χ0) is 24.0. The highest BCUT2D eigenvalue weighted by Crippen LogP contribution is 2.31. The van der Waals surface area contributed by atoms with Crippen LogP contribution < -0.4 is 0 Å². The molecule has 0 aliphatic carbocycles. The lowest BCUT2D eigenvalue weighted by Crippen LogP contribution is -2.05. The van der Waals surface area contributed by atoms with Crippen molar-refractivity contribution >= 4 is 44.4 Å². The molecule has 0 fully saturated rings. The molecule has 0 saturated heterocycles. The molecule has 0 N–H and O–H groups in total. The van der Waals surface area contributed by atoms with Gasteiger partial charge in [-0.25, -0.2) is 39.9 Å². The Hall–Kier alpha value is -6.48. The second-order valence-electron chi connectivity index (χ2n) is 6.40. The summed E-state index contributed by atoms with van der Waals surface area (Å²) >= 11 is 0. The number of fused-ring (bicyclic) bond motifs is 7. The molecule has 0 bridgehead atoms. The molecule has 0 atom stereocenters. The minimum Gasteiger partial charge on any atom is -0.230 e. The van der Waals surface area contributed by atoms with Gasteiger partial charge in [-0.1, -0.05) is 0 Å². The second kappa shape index (κ2) is 7.04. The molecule has 4 heterocycles. The number of aromatic nitrogens is 8. The SMILES string of the molecule is N#Cc1nc2nc3c4nc(C#N)c(C#N)nc4c4nc(C#N)c(C#N)nc4c3nc2nc1C#N. The van der Waals surface area contributed by atoms with Crippen molar-refractivity contribution in [1.29, 1.82) is 31.6 Å². The molecule has 1 aromatic carbocycles. The van der Waals surface area contributed by atoms with Crippen LogP contribution in [-0.4, -0.2) is 39.9 Å². The Bertz CT molecular complexity index is 1890. The zero-order valence-corrected chi connectivity index (χ0v) is 16.3. The number of nitriles is 6. The van der Waals surface area contributed by atoms with Gasteiger partial charge < -0.3 is 0 Å². The average Bonchev–Trinajstić information content (AvgIpc) is 2.89. The third-order valence-electron chi connectivity index (χ3n) is 4.62. The van der Waals surface area contributed by atoms with Crippen LogP contribution in [0, 0.1) is 68.0 Å². The number of rotatable bonds is 0. The molecule has 0 saturated carbocycles. The molecule has 5 rings (SSSR count). The first-order chi connectivity index (χ1) is 16.6. The fraction of sp³-hybridized carbons (Fsp3) is 0. The molecule has 4 aromatic heterocycles. The standard InChI is InChI=1S/C20N14/c21-1-7-9(3-23)29-15-13(27-7)14-16(30-10(4-24)8(2-22)28-14)18-17(15)33-19-20(34-18)32-12(6-26)11(5-25)31-19. The van der Waals surface area contributed by atoms with E-state index in [4.69, 9.17) is 0 Å². The molecule has 34 heavy (non-hydrogen) atoms. The largest absolute Gasteiger partial charge is 0.230 e. The molecular weight excluding hydrogens is 436 g/mol. The summed E-state index contributed by atoms with van der Waals surface area (Å²) in [4.78, 5) is 33.5. The summed E-state index contributed by atoms with van der Waals surface area (Å²) in [6, 6.07) is 10.6. The van der Waals surface area contributed by atoms with Crippen molar-refractivity contribution in [1.82, 2.24) is 39.9 Å². The van der Waals surface area contributed by atoms with Crippen molar-refractivity contribution in [2.24, 2.45) is 0 Å². The van der Waals surface area contributed by atoms with Gasteiger partial charge in [-0.3, -0.25) is 0 Å². The topological polar surface area (TPSA) is 246 Å². The molecule has 0 amide bonds. The molecule has 0 spiro atoms. The van der Waals surface area contributed by atoms with E-state index in [-0.39, 0.29) is 78.6 Å². The Morgan fingerprint density at radius 3 is 0.735 bits per heavy atom. The van der Waals surface area contributed by atoms with Gasteiger partial charge in [0.25, 0.3) is 0 Å². The summed E-state index contributed by atoms with van der Waals surface area (Å²) in [5, 5.41) is 56.1. The predicted molar refractivity (Wildman–Crippen MR) is 107 cm³/mol. The molecule has 14 heteroatoms. The lowest BCUT2D eigenvalue weighted by atomic mass is 10.1. The van der Waals surface area contributed by atoms with Crippen LogP contribution >= 0.6 is 0 Å². The number of hydrogen-bond acceptors (Lipinski definition) is 14. The number of benzene rings is 1. The Morgan fingerprint density at radius 1 is 0.294 bits per heavy atom. The molecule has 0 radical (unpaired) electrons. The van der Waals surface area contributed by atoms with Gasteiger partial charge >= 0.3 is 0 Å². The van der Waals surface area contributed by atoms with E-state index in [1.54, 1.807) is 36.4 Å². The van der Waals surface area contributed by atoms with Crippen LogP contribution in [0.5, 0.6) is 0 Å². The van der Waals surface area contributed by atoms with Gasteiger partial charge in [0.05, 0.1) is 0 Å². The predicted octanol–water partition coefficient (Wildman–Crippen LogP) is 0.689. The highest BCUT2D eigenvalue weighted by molar-refractivity contribution is 6.19. The third kappa shape index (κ3) is 2.55.